The Kier molecular flexibility index (Phi) is 6.48. The summed E-state index contributed by atoms with van der Waals surface area (Å²) >= 11 is 24.3. The van der Waals surface area contributed by atoms with Crippen molar-refractivity contribution in [3.8, 4) is 17.4 Å². The quantitative estimate of drug-likeness (QED) is 0.284. The molecule has 162 valence electrons. The maximum Gasteiger partial charge on any atom is 0.283 e. The molecule has 0 saturated heterocycles. The molecule has 31 heavy (non-hydrogen) atoms. The van der Waals surface area contributed by atoms with Crippen LogP contribution in [-0.4, -0.2) is 20.0 Å². The molecule has 0 fully saturated rings. The molecule has 0 aliphatic carbocycles. The first-order valence-corrected chi connectivity index (χ1v) is 10.7. The molecule has 3 heterocycles. The number of aromatic nitrogens is 4. The van der Waals surface area contributed by atoms with Crippen LogP contribution in [0, 0.1) is 13.8 Å². The van der Waals surface area contributed by atoms with E-state index in [1.165, 1.54) is 0 Å². The molecule has 4 aromatic rings. The van der Waals surface area contributed by atoms with Gasteiger partial charge in [0.2, 0.25) is 5.89 Å². The first-order chi connectivity index (χ1) is 14.8. The van der Waals surface area contributed by atoms with Gasteiger partial charge >= 0.3 is 0 Å². The number of ether oxygens (including phenoxy) is 1. The second-order valence-electron chi connectivity index (χ2n) is 6.71. The number of hydrogen-bond donors (Lipinski definition) is 0. The van der Waals surface area contributed by atoms with Crippen LogP contribution in [0.2, 0.25) is 20.1 Å². The van der Waals surface area contributed by atoms with Crippen molar-refractivity contribution in [1.82, 2.24) is 20.0 Å². The summed E-state index contributed by atoms with van der Waals surface area (Å²) in [7, 11) is 0. The Balaban J connectivity index is 1.39. The van der Waals surface area contributed by atoms with Gasteiger partial charge < -0.3 is 13.6 Å². The first kappa shape index (κ1) is 22.0. The van der Waals surface area contributed by atoms with Gasteiger partial charge in [-0.15, -0.1) is 10.2 Å². The fourth-order valence-corrected chi connectivity index (χ4v) is 3.99. The van der Waals surface area contributed by atoms with E-state index in [1.54, 1.807) is 24.3 Å². The lowest BCUT2D eigenvalue weighted by Gasteiger charge is -2.08. The molecule has 1 aromatic carbocycles. The topological polar surface area (TPSA) is 79.1 Å². The van der Waals surface area contributed by atoms with Crippen LogP contribution in [0.25, 0.3) is 11.7 Å². The fraction of sp³-hybridized carbons (Fsp3) is 0.250. The Morgan fingerprint density at radius 1 is 1.00 bits per heavy atom. The van der Waals surface area contributed by atoms with Gasteiger partial charge in [0, 0.05) is 18.0 Å². The van der Waals surface area contributed by atoms with Crippen molar-refractivity contribution in [3.63, 3.8) is 0 Å². The summed E-state index contributed by atoms with van der Waals surface area (Å²) in [6.07, 6.45) is 0.509. The van der Waals surface area contributed by atoms with E-state index in [2.05, 4.69) is 15.3 Å². The maximum atomic E-state index is 6.18. The molecule has 0 aliphatic rings. The highest BCUT2D eigenvalue weighted by atomic mass is 35.5. The first-order valence-electron chi connectivity index (χ1n) is 9.20. The lowest BCUT2D eigenvalue weighted by Crippen LogP contribution is -2.05. The highest BCUT2D eigenvalue weighted by Crippen LogP contribution is 2.36. The molecule has 0 bridgehead atoms. The molecule has 0 atom stereocenters. The van der Waals surface area contributed by atoms with E-state index in [1.807, 2.05) is 18.5 Å². The second kappa shape index (κ2) is 9.12. The SMILES string of the molecule is Cc1nn(CCc2nnc(-c3ccc(COc4c(Cl)cc(Cl)cc4Cl)o3)o2)c(C)c1Cl. The van der Waals surface area contributed by atoms with Crippen LogP contribution in [0.1, 0.15) is 23.0 Å². The zero-order chi connectivity index (χ0) is 22.1. The van der Waals surface area contributed by atoms with Gasteiger partial charge in [0.15, 0.2) is 11.5 Å². The van der Waals surface area contributed by atoms with Gasteiger partial charge in [-0.25, -0.2) is 0 Å². The Bertz CT molecular complexity index is 1210. The zero-order valence-electron chi connectivity index (χ0n) is 16.5. The van der Waals surface area contributed by atoms with Gasteiger partial charge in [-0.3, -0.25) is 4.68 Å². The van der Waals surface area contributed by atoms with E-state index in [0.717, 1.165) is 11.4 Å². The van der Waals surface area contributed by atoms with Crippen molar-refractivity contribution < 1.29 is 13.6 Å². The molecule has 4 rings (SSSR count). The van der Waals surface area contributed by atoms with Crippen LogP contribution in [0.5, 0.6) is 5.75 Å². The van der Waals surface area contributed by atoms with Gasteiger partial charge in [-0.2, -0.15) is 5.10 Å². The smallest absolute Gasteiger partial charge is 0.283 e. The van der Waals surface area contributed by atoms with Crippen LogP contribution in [0.4, 0.5) is 0 Å². The van der Waals surface area contributed by atoms with Gasteiger partial charge in [-0.1, -0.05) is 46.4 Å². The van der Waals surface area contributed by atoms with E-state index in [0.29, 0.717) is 56.2 Å². The lowest BCUT2D eigenvalue weighted by molar-refractivity contribution is 0.271. The van der Waals surface area contributed by atoms with Crippen LogP contribution >= 0.6 is 46.4 Å². The Labute approximate surface area is 197 Å². The summed E-state index contributed by atoms with van der Waals surface area (Å²) in [6.45, 7) is 4.46. The summed E-state index contributed by atoms with van der Waals surface area (Å²) in [6, 6.07) is 6.58. The Morgan fingerprint density at radius 3 is 2.42 bits per heavy atom. The number of furan rings is 1. The average Bonchev–Trinajstić information content (AvgIpc) is 3.42. The Hall–Kier alpha value is -2.19. The minimum absolute atomic E-state index is 0.112. The molecule has 11 heteroatoms. The fourth-order valence-electron chi connectivity index (χ4n) is 2.93. The van der Waals surface area contributed by atoms with Crippen LogP contribution in [0.15, 0.2) is 33.1 Å². The van der Waals surface area contributed by atoms with E-state index in [4.69, 9.17) is 60.0 Å². The van der Waals surface area contributed by atoms with Gasteiger partial charge in [0.05, 0.1) is 26.5 Å². The van der Waals surface area contributed by atoms with E-state index in [9.17, 15) is 0 Å². The molecule has 3 aromatic heterocycles. The maximum absolute atomic E-state index is 6.18. The predicted octanol–water partition coefficient (Wildman–Crippen LogP) is 6.58. The zero-order valence-corrected chi connectivity index (χ0v) is 19.5. The third kappa shape index (κ3) is 4.85. The second-order valence-corrected chi connectivity index (χ2v) is 8.34. The molecule has 0 aliphatic heterocycles. The lowest BCUT2D eigenvalue weighted by atomic mass is 10.3. The number of aryl methyl sites for hydroxylation is 3. The summed E-state index contributed by atoms with van der Waals surface area (Å²) in [5.41, 5.74) is 1.69. The minimum atomic E-state index is 0.112. The summed E-state index contributed by atoms with van der Waals surface area (Å²) in [5, 5.41) is 14.2. The highest BCUT2D eigenvalue weighted by Gasteiger charge is 2.16. The monoisotopic (exact) mass is 500 g/mol. The van der Waals surface area contributed by atoms with E-state index >= 15 is 0 Å². The van der Waals surface area contributed by atoms with E-state index in [-0.39, 0.29) is 12.5 Å². The predicted molar refractivity (Wildman–Crippen MR) is 118 cm³/mol. The molecule has 0 saturated carbocycles. The van der Waals surface area contributed by atoms with Crippen LogP contribution < -0.4 is 4.74 Å². The summed E-state index contributed by atoms with van der Waals surface area (Å²) < 4.78 is 18.9. The highest BCUT2D eigenvalue weighted by molar-refractivity contribution is 6.40. The number of rotatable bonds is 7. The van der Waals surface area contributed by atoms with Crippen molar-refractivity contribution in [3.05, 3.63) is 67.4 Å². The van der Waals surface area contributed by atoms with Crippen molar-refractivity contribution in [2.75, 3.05) is 0 Å². The molecule has 0 radical (unpaired) electrons. The standard InChI is InChI=1S/C20H16Cl4N4O3/c1-10-18(24)11(2)28(27-10)6-5-17-25-26-20(31-17)16-4-3-13(30-16)9-29-19-14(22)7-12(21)8-15(19)23/h3-4,7-8H,5-6,9H2,1-2H3. The van der Waals surface area contributed by atoms with Crippen molar-refractivity contribution >= 4 is 46.4 Å². The van der Waals surface area contributed by atoms with Crippen molar-refractivity contribution in [1.29, 1.82) is 0 Å². The molecule has 0 amide bonds. The molecule has 0 spiro atoms. The van der Waals surface area contributed by atoms with Crippen molar-refractivity contribution in [2.24, 2.45) is 0 Å². The Morgan fingerprint density at radius 2 is 1.74 bits per heavy atom. The third-order valence-corrected chi connectivity index (χ3v) is 5.82. The minimum Gasteiger partial charge on any atom is -0.483 e. The number of hydrogen-bond acceptors (Lipinski definition) is 6. The summed E-state index contributed by atoms with van der Waals surface area (Å²) in [4.78, 5) is 0. The molecule has 0 N–H and O–H groups in total. The molecular formula is C20H16Cl4N4O3. The number of halogens is 4. The van der Waals surface area contributed by atoms with Crippen molar-refractivity contribution in [2.45, 2.75) is 33.4 Å². The van der Waals surface area contributed by atoms with Crippen LogP contribution in [0.3, 0.4) is 0 Å². The van der Waals surface area contributed by atoms with Crippen LogP contribution in [-0.2, 0) is 19.6 Å². The van der Waals surface area contributed by atoms with Gasteiger partial charge in [0.1, 0.15) is 12.4 Å². The van der Waals surface area contributed by atoms with Gasteiger partial charge in [0.25, 0.3) is 5.89 Å². The third-order valence-electron chi connectivity index (χ3n) is 4.49. The van der Waals surface area contributed by atoms with Gasteiger partial charge in [-0.05, 0) is 38.1 Å². The molecular weight excluding hydrogens is 486 g/mol. The molecule has 0 unspecified atom stereocenters. The molecule has 7 nitrogen and oxygen atoms in total. The number of nitrogens with zero attached hydrogens (tertiary/aromatic N) is 4. The normalized spacial score (nSPS) is 11.3. The number of benzene rings is 1. The van der Waals surface area contributed by atoms with E-state index < -0.39 is 0 Å². The largest absolute Gasteiger partial charge is 0.483 e. The summed E-state index contributed by atoms with van der Waals surface area (Å²) in [5.74, 6) is 2.03. The average molecular weight is 502 g/mol.